The van der Waals surface area contributed by atoms with Gasteiger partial charge >= 0.3 is 5.63 Å². The summed E-state index contributed by atoms with van der Waals surface area (Å²) in [5.41, 5.74) is 0.709. The fourth-order valence-electron chi connectivity index (χ4n) is 2.10. The molecule has 0 amide bonds. The fraction of sp³-hybridized carbons (Fsp3) is 0.118. The first-order valence-corrected chi connectivity index (χ1v) is 6.65. The number of ether oxygens (including phenoxy) is 2. The largest absolute Gasteiger partial charge is 0.494 e. The average molecular weight is 300 g/mol. The molecule has 0 radical (unpaired) electrons. The number of rotatable bonds is 4. The van der Waals surface area contributed by atoms with Gasteiger partial charge < -0.3 is 13.9 Å². The second kappa shape index (κ2) is 5.89. The van der Waals surface area contributed by atoms with Gasteiger partial charge in [-0.1, -0.05) is 6.07 Å². The quantitative estimate of drug-likeness (QED) is 0.692. The molecule has 0 aliphatic rings. The molecular weight excluding hydrogens is 287 g/mol. The lowest BCUT2D eigenvalue weighted by atomic mass is 10.2. The second-order valence-electron chi connectivity index (χ2n) is 4.71. The lowest BCUT2D eigenvalue weighted by molar-refractivity contribution is 0.304. The highest BCUT2D eigenvalue weighted by Crippen LogP contribution is 2.22. The number of methoxy groups -OCH3 is 1. The van der Waals surface area contributed by atoms with Gasteiger partial charge in [-0.05, 0) is 35.9 Å². The van der Waals surface area contributed by atoms with Crippen molar-refractivity contribution in [1.29, 1.82) is 0 Å². The monoisotopic (exact) mass is 300 g/mol. The Morgan fingerprint density at radius 1 is 1.09 bits per heavy atom. The van der Waals surface area contributed by atoms with Gasteiger partial charge in [0.25, 0.3) is 0 Å². The van der Waals surface area contributed by atoms with E-state index in [1.54, 1.807) is 36.4 Å². The van der Waals surface area contributed by atoms with Crippen LogP contribution in [0.3, 0.4) is 0 Å². The second-order valence-corrected chi connectivity index (χ2v) is 4.71. The molecule has 0 unspecified atom stereocenters. The van der Waals surface area contributed by atoms with Crippen LogP contribution in [0.5, 0.6) is 11.5 Å². The van der Waals surface area contributed by atoms with Gasteiger partial charge in [-0.25, -0.2) is 9.18 Å². The molecule has 0 saturated heterocycles. The number of halogens is 1. The van der Waals surface area contributed by atoms with E-state index < -0.39 is 11.4 Å². The van der Waals surface area contributed by atoms with Crippen molar-refractivity contribution >= 4 is 11.0 Å². The molecule has 5 heteroatoms. The first-order chi connectivity index (χ1) is 10.7. The van der Waals surface area contributed by atoms with Gasteiger partial charge in [0.05, 0.1) is 7.11 Å². The predicted molar refractivity (Wildman–Crippen MR) is 79.8 cm³/mol. The van der Waals surface area contributed by atoms with Gasteiger partial charge in [0, 0.05) is 17.5 Å². The molecule has 0 aliphatic heterocycles. The third-order valence-corrected chi connectivity index (χ3v) is 3.22. The van der Waals surface area contributed by atoms with Crippen molar-refractivity contribution in [2.75, 3.05) is 7.11 Å². The maximum absolute atomic E-state index is 13.6. The highest BCUT2D eigenvalue weighted by atomic mass is 19.1. The Morgan fingerprint density at radius 2 is 1.91 bits per heavy atom. The Kier molecular flexibility index (Phi) is 3.78. The summed E-state index contributed by atoms with van der Waals surface area (Å²) >= 11 is 0. The highest BCUT2D eigenvalue weighted by Gasteiger charge is 2.05. The fourth-order valence-corrected chi connectivity index (χ4v) is 2.10. The Labute approximate surface area is 125 Å². The minimum Gasteiger partial charge on any atom is -0.494 e. The van der Waals surface area contributed by atoms with Crippen LogP contribution in [0, 0.1) is 5.82 Å². The predicted octanol–water partition coefficient (Wildman–Crippen LogP) is 3.52. The maximum Gasteiger partial charge on any atom is 0.336 e. The zero-order valence-corrected chi connectivity index (χ0v) is 11.8. The Bertz CT molecular complexity index is 870. The van der Waals surface area contributed by atoms with Crippen LogP contribution in [0.15, 0.2) is 57.7 Å². The summed E-state index contributed by atoms with van der Waals surface area (Å²) < 4.78 is 29.2. The maximum atomic E-state index is 13.6. The molecule has 112 valence electrons. The van der Waals surface area contributed by atoms with E-state index in [4.69, 9.17) is 13.9 Å². The van der Waals surface area contributed by atoms with Gasteiger partial charge in [0.1, 0.15) is 17.9 Å². The van der Waals surface area contributed by atoms with E-state index >= 15 is 0 Å². The standard InChI is InChI=1S/C17H13FO4/c1-20-15-6-2-11(8-14(15)18)10-21-13-5-3-12-4-7-17(19)22-16(12)9-13/h2-9H,10H2,1H3. The number of benzene rings is 2. The number of hydrogen-bond acceptors (Lipinski definition) is 4. The van der Waals surface area contributed by atoms with Crippen LogP contribution in [-0.2, 0) is 6.61 Å². The first-order valence-electron chi connectivity index (χ1n) is 6.65. The van der Waals surface area contributed by atoms with Gasteiger partial charge in [-0.3, -0.25) is 0 Å². The molecule has 0 saturated carbocycles. The molecule has 0 aliphatic carbocycles. The van der Waals surface area contributed by atoms with Crippen LogP contribution in [0.4, 0.5) is 4.39 Å². The first kappa shape index (κ1) is 14.1. The van der Waals surface area contributed by atoms with Gasteiger partial charge in [0.2, 0.25) is 0 Å². The van der Waals surface area contributed by atoms with Crippen molar-refractivity contribution in [1.82, 2.24) is 0 Å². The third kappa shape index (κ3) is 2.93. The van der Waals surface area contributed by atoms with E-state index in [0.29, 0.717) is 16.9 Å². The summed E-state index contributed by atoms with van der Waals surface area (Å²) in [6, 6.07) is 12.9. The van der Waals surface area contributed by atoms with Crippen molar-refractivity contribution in [2.24, 2.45) is 0 Å². The highest BCUT2D eigenvalue weighted by molar-refractivity contribution is 5.77. The smallest absolute Gasteiger partial charge is 0.336 e. The lowest BCUT2D eigenvalue weighted by Crippen LogP contribution is -1.98. The molecule has 3 aromatic rings. The van der Waals surface area contributed by atoms with Crippen molar-refractivity contribution in [3.8, 4) is 11.5 Å². The zero-order chi connectivity index (χ0) is 15.5. The minimum absolute atomic E-state index is 0.191. The molecule has 1 heterocycles. The molecule has 0 fully saturated rings. The summed E-state index contributed by atoms with van der Waals surface area (Å²) in [6.07, 6.45) is 0. The SMILES string of the molecule is COc1ccc(COc2ccc3ccc(=O)oc3c2)cc1F. The molecule has 1 aromatic heterocycles. The topological polar surface area (TPSA) is 48.7 Å². The molecule has 0 bridgehead atoms. The third-order valence-electron chi connectivity index (χ3n) is 3.22. The summed E-state index contributed by atoms with van der Waals surface area (Å²) in [5.74, 6) is 0.294. The number of fused-ring (bicyclic) bond motifs is 1. The van der Waals surface area contributed by atoms with Crippen LogP contribution in [0.2, 0.25) is 0 Å². The van der Waals surface area contributed by atoms with Crippen LogP contribution in [0.25, 0.3) is 11.0 Å². The van der Waals surface area contributed by atoms with Gasteiger partial charge in [-0.2, -0.15) is 0 Å². The van der Waals surface area contributed by atoms with Crippen LogP contribution < -0.4 is 15.1 Å². The molecule has 0 atom stereocenters. The molecule has 0 N–H and O–H groups in total. The minimum atomic E-state index is -0.437. The van der Waals surface area contributed by atoms with Crippen LogP contribution in [-0.4, -0.2) is 7.11 Å². The summed E-state index contributed by atoms with van der Waals surface area (Å²) in [7, 11) is 1.41. The Balaban J connectivity index is 1.78. The van der Waals surface area contributed by atoms with E-state index in [9.17, 15) is 9.18 Å². The van der Waals surface area contributed by atoms with E-state index in [1.165, 1.54) is 19.2 Å². The van der Waals surface area contributed by atoms with Crippen molar-refractivity contribution < 1.29 is 18.3 Å². The molecular formula is C17H13FO4. The van der Waals surface area contributed by atoms with Crippen LogP contribution >= 0.6 is 0 Å². The van der Waals surface area contributed by atoms with Crippen LogP contribution in [0.1, 0.15) is 5.56 Å². The lowest BCUT2D eigenvalue weighted by Gasteiger charge is -2.08. The number of hydrogen-bond donors (Lipinski definition) is 0. The zero-order valence-electron chi connectivity index (χ0n) is 11.8. The van der Waals surface area contributed by atoms with E-state index in [0.717, 1.165) is 5.39 Å². The van der Waals surface area contributed by atoms with E-state index in [1.807, 2.05) is 0 Å². The van der Waals surface area contributed by atoms with E-state index in [2.05, 4.69) is 0 Å². The molecule has 4 nitrogen and oxygen atoms in total. The summed E-state index contributed by atoms with van der Waals surface area (Å²) in [6.45, 7) is 0.198. The van der Waals surface area contributed by atoms with Gasteiger partial charge in [-0.15, -0.1) is 0 Å². The normalized spacial score (nSPS) is 10.6. The van der Waals surface area contributed by atoms with Crippen molar-refractivity contribution in [3.63, 3.8) is 0 Å². The Hall–Kier alpha value is -2.82. The average Bonchev–Trinajstić information content (AvgIpc) is 2.52. The van der Waals surface area contributed by atoms with E-state index in [-0.39, 0.29) is 12.4 Å². The van der Waals surface area contributed by atoms with Crippen molar-refractivity contribution in [3.05, 3.63) is 70.3 Å². The van der Waals surface area contributed by atoms with Crippen molar-refractivity contribution in [2.45, 2.75) is 6.61 Å². The molecule has 3 rings (SSSR count). The van der Waals surface area contributed by atoms with Gasteiger partial charge in [0.15, 0.2) is 11.6 Å². The summed E-state index contributed by atoms with van der Waals surface area (Å²) in [4.78, 5) is 11.2. The molecule has 2 aromatic carbocycles. The molecule has 0 spiro atoms. The Morgan fingerprint density at radius 3 is 2.68 bits per heavy atom. The summed E-state index contributed by atoms with van der Waals surface area (Å²) in [5, 5.41) is 0.808. The molecule has 22 heavy (non-hydrogen) atoms.